The number of likely N-dealkylation sites (tertiary alicyclic amines) is 1. The van der Waals surface area contributed by atoms with Gasteiger partial charge in [-0.25, -0.2) is 0 Å². The molecule has 3 fully saturated rings. The van der Waals surface area contributed by atoms with E-state index in [-0.39, 0.29) is 18.8 Å². The van der Waals surface area contributed by atoms with E-state index in [1.165, 1.54) is 88.5 Å². The summed E-state index contributed by atoms with van der Waals surface area (Å²) in [4.78, 5) is 15.6. The Morgan fingerprint density at radius 2 is 1.69 bits per heavy atom. The van der Waals surface area contributed by atoms with Crippen LogP contribution in [0.1, 0.15) is 95.6 Å². The van der Waals surface area contributed by atoms with Gasteiger partial charge in [0, 0.05) is 19.3 Å². The van der Waals surface area contributed by atoms with E-state index < -0.39 is 0 Å². The van der Waals surface area contributed by atoms with Gasteiger partial charge in [-0.2, -0.15) is 0 Å². The standard InChI is InChI=1S/C26H38N2O.H2/c29-25(21-10-4-5-11-21)27-24-18-26(23-13-7-6-12-22(23)24)14-16-28(17-15-26)19-20-8-2-1-3-9-20;/h6-7,12-13,20-21,24H,1-5,8-11,14-19H2,(H,27,29);1H/t24-;/m0./s1. The molecule has 4 aliphatic rings. The number of nitrogens with one attached hydrogen (secondary N) is 1. The molecule has 2 saturated carbocycles. The van der Waals surface area contributed by atoms with Gasteiger partial charge in [-0.05, 0) is 75.1 Å². The number of carbonyl (C=O) groups excluding carboxylic acids is 1. The first-order valence-electron chi connectivity index (χ1n) is 12.4. The van der Waals surface area contributed by atoms with E-state index in [0.717, 1.165) is 25.2 Å². The Labute approximate surface area is 178 Å². The highest BCUT2D eigenvalue weighted by molar-refractivity contribution is 5.79. The van der Waals surface area contributed by atoms with E-state index in [4.69, 9.17) is 0 Å². The average molecular weight is 397 g/mol. The van der Waals surface area contributed by atoms with E-state index in [2.05, 4.69) is 34.5 Å². The second-order valence-corrected chi connectivity index (χ2v) is 10.4. The lowest BCUT2D eigenvalue weighted by atomic mass is 9.73. The monoisotopic (exact) mass is 396 g/mol. The van der Waals surface area contributed by atoms with E-state index in [0.29, 0.717) is 5.91 Å². The molecule has 3 nitrogen and oxygen atoms in total. The fourth-order valence-corrected chi connectivity index (χ4v) is 6.87. The molecule has 1 aromatic carbocycles. The Morgan fingerprint density at radius 3 is 2.45 bits per heavy atom. The smallest absolute Gasteiger partial charge is 0.223 e. The molecule has 0 radical (unpaired) electrons. The Kier molecular flexibility index (Phi) is 5.69. The van der Waals surface area contributed by atoms with E-state index in [1.54, 1.807) is 0 Å². The third-order valence-electron chi connectivity index (χ3n) is 8.60. The van der Waals surface area contributed by atoms with Crippen LogP contribution in [-0.4, -0.2) is 30.4 Å². The highest BCUT2D eigenvalue weighted by Crippen LogP contribution is 2.51. The number of carbonyl (C=O) groups is 1. The lowest BCUT2D eigenvalue weighted by Crippen LogP contribution is -2.44. The van der Waals surface area contributed by atoms with Crippen molar-refractivity contribution in [1.29, 1.82) is 0 Å². The number of hydrogen-bond acceptors (Lipinski definition) is 2. The van der Waals surface area contributed by atoms with E-state index in [1.807, 2.05) is 0 Å². The van der Waals surface area contributed by atoms with Gasteiger partial charge in [0.25, 0.3) is 0 Å². The highest BCUT2D eigenvalue weighted by Gasteiger charge is 2.46. The molecule has 5 rings (SSSR count). The Balaban J connectivity index is 0.00000218. The quantitative estimate of drug-likeness (QED) is 0.719. The maximum Gasteiger partial charge on any atom is 0.223 e. The van der Waals surface area contributed by atoms with Crippen LogP contribution in [0.4, 0.5) is 0 Å². The number of nitrogens with zero attached hydrogens (tertiary/aromatic N) is 1. The SMILES string of the molecule is O=C(N[C@H]1CC2(CCN(CC3CCCCC3)CC2)c2ccccc21)C1CCCC1.[HH]. The maximum atomic E-state index is 12.8. The van der Waals surface area contributed by atoms with Crippen LogP contribution in [0.5, 0.6) is 0 Å². The predicted molar refractivity (Wildman–Crippen MR) is 120 cm³/mol. The molecule has 0 unspecified atom stereocenters. The first kappa shape index (κ1) is 19.6. The molecule has 1 N–H and O–H groups in total. The molecule has 1 aromatic rings. The average Bonchev–Trinajstić information content (AvgIpc) is 3.39. The highest BCUT2D eigenvalue weighted by atomic mass is 16.1. The molecule has 3 aliphatic carbocycles. The van der Waals surface area contributed by atoms with Crippen molar-refractivity contribution in [3.8, 4) is 0 Å². The van der Waals surface area contributed by atoms with Crippen molar-refractivity contribution < 1.29 is 6.22 Å². The minimum Gasteiger partial charge on any atom is -0.349 e. The number of fused-ring (bicyclic) bond motifs is 2. The molecule has 1 saturated heterocycles. The molecule has 0 bridgehead atoms. The van der Waals surface area contributed by atoms with E-state index in [9.17, 15) is 4.79 Å². The van der Waals surface area contributed by atoms with E-state index >= 15 is 0 Å². The lowest BCUT2D eigenvalue weighted by molar-refractivity contribution is -0.125. The van der Waals surface area contributed by atoms with Gasteiger partial charge >= 0.3 is 0 Å². The van der Waals surface area contributed by atoms with Crippen LogP contribution in [0.2, 0.25) is 0 Å². The van der Waals surface area contributed by atoms with Crippen molar-refractivity contribution in [2.75, 3.05) is 19.6 Å². The van der Waals surface area contributed by atoms with Crippen molar-refractivity contribution in [1.82, 2.24) is 10.2 Å². The summed E-state index contributed by atoms with van der Waals surface area (Å²) in [7, 11) is 0. The van der Waals surface area contributed by atoms with Crippen LogP contribution >= 0.6 is 0 Å². The molecular weight excluding hydrogens is 356 g/mol. The van der Waals surface area contributed by atoms with Crippen molar-refractivity contribution in [2.24, 2.45) is 11.8 Å². The minimum atomic E-state index is 0. The summed E-state index contributed by atoms with van der Waals surface area (Å²) in [6.45, 7) is 3.78. The van der Waals surface area contributed by atoms with Gasteiger partial charge < -0.3 is 10.2 Å². The number of hydrogen-bond donors (Lipinski definition) is 1. The third kappa shape index (κ3) is 4.00. The van der Waals surface area contributed by atoms with Gasteiger partial charge in [-0.1, -0.05) is 56.4 Å². The predicted octanol–water partition coefficient (Wildman–Crippen LogP) is 5.60. The summed E-state index contributed by atoms with van der Waals surface area (Å²) in [6.07, 6.45) is 15.5. The number of rotatable bonds is 4. The number of benzene rings is 1. The molecule has 0 aromatic heterocycles. The van der Waals surface area contributed by atoms with Crippen LogP contribution in [0, 0.1) is 11.8 Å². The fraction of sp³-hybridized carbons (Fsp3) is 0.731. The molecule has 1 amide bonds. The minimum absolute atomic E-state index is 0. The molecule has 29 heavy (non-hydrogen) atoms. The normalized spacial score (nSPS) is 27.9. The lowest BCUT2D eigenvalue weighted by Gasteiger charge is -2.42. The van der Waals surface area contributed by atoms with Crippen molar-refractivity contribution >= 4 is 5.91 Å². The molecule has 160 valence electrons. The van der Waals surface area contributed by atoms with Crippen molar-refractivity contribution in [3.05, 3.63) is 35.4 Å². The summed E-state index contributed by atoms with van der Waals surface area (Å²) >= 11 is 0. The fourth-order valence-electron chi connectivity index (χ4n) is 6.87. The van der Waals surface area contributed by atoms with Gasteiger partial charge in [0.05, 0.1) is 6.04 Å². The summed E-state index contributed by atoms with van der Waals surface area (Å²) in [5, 5.41) is 3.47. The number of piperidine rings is 1. The maximum absolute atomic E-state index is 12.8. The van der Waals surface area contributed by atoms with Gasteiger partial charge in [-0.15, -0.1) is 0 Å². The number of amides is 1. The summed E-state index contributed by atoms with van der Waals surface area (Å²) in [5.74, 6) is 1.51. The summed E-state index contributed by atoms with van der Waals surface area (Å²) in [5.41, 5.74) is 3.22. The summed E-state index contributed by atoms with van der Waals surface area (Å²) < 4.78 is 0. The summed E-state index contributed by atoms with van der Waals surface area (Å²) in [6, 6.07) is 9.22. The zero-order valence-corrected chi connectivity index (χ0v) is 18.0. The van der Waals surface area contributed by atoms with Crippen LogP contribution in [-0.2, 0) is 10.2 Å². The van der Waals surface area contributed by atoms with Gasteiger partial charge in [0.1, 0.15) is 0 Å². The van der Waals surface area contributed by atoms with Crippen LogP contribution < -0.4 is 5.32 Å². The largest absolute Gasteiger partial charge is 0.349 e. The van der Waals surface area contributed by atoms with Gasteiger partial charge in [-0.3, -0.25) is 4.79 Å². The second-order valence-electron chi connectivity index (χ2n) is 10.4. The molecule has 1 aliphatic heterocycles. The Bertz CT molecular complexity index is 715. The first-order valence-corrected chi connectivity index (χ1v) is 12.4. The van der Waals surface area contributed by atoms with Crippen LogP contribution in [0.3, 0.4) is 0 Å². The molecule has 1 atom stereocenters. The zero-order chi connectivity index (χ0) is 19.7. The first-order chi connectivity index (χ1) is 14.2. The molecular formula is C26H40N2O. The molecule has 3 heteroatoms. The van der Waals surface area contributed by atoms with Crippen LogP contribution in [0.15, 0.2) is 24.3 Å². The van der Waals surface area contributed by atoms with Crippen molar-refractivity contribution in [3.63, 3.8) is 0 Å². The molecule has 1 heterocycles. The van der Waals surface area contributed by atoms with Gasteiger partial charge in [0.2, 0.25) is 5.91 Å². The van der Waals surface area contributed by atoms with Crippen LogP contribution in [0.25, 0.3) is 0 Å². The zero-order valence-electron chi connectivity index (χ0n) is 18.0. The Hall–Kier alpha value is -1.35. The Morgan fingerprint density at radius 1 is 1.00 bits per heavy atom. The third-order valence-corrected chi connectivity index (χ3v) is 8.60. The van der Waals surface area contributed by atoms with Gasteiger partial charge in [0.15, 0.2) is 0 Å². The second kappa shape index (κ2) is 8.41. The molecule has 1 spiro atoms. The van der Waals surface area contributed by atoms with Crippen molar-refractivity contribution in [2.45, 2.75) is 88.5 Å². The topological polar surface area (TPSA) is 32.3 Å².